The first-order valence-electron chi connectivity index (χ1n) is 4.01. The second-order valence-corrected chi connectivity index (χ2v) is 5.81. The minimum atomic E-state index is 0.719. The molecule has 0 aromatic rings. The van der Waals surface area contributed by atoms with E-state index in [0.29, 0.717) is 0 Å². The second kappa shape index (κ2) is 4.66. The minimum absolute atomic E-state index is 0.719. The lowest BCUT2D eigenvalue weighted by molar-refractivity contribution is 0.488. The lowest BCUT2D eigenvalue weighted by Gasteiger charge is -2.21. The quantitative estimate of drug-likeness (QED) is 0.647. The molecule has 1 aliphatic heterocycles. The highest BCUT2D eigenvalue weighted by Crippen LogP contribution is 2.27. The first-order valence-corrected chi connectivity index (χ1v) is 6.08. The van der Waals surface area contributed by atoms with Gasteiger partial charge in [0, 0.05) is 4.83 Å². The highest BCUT2D eigenvalue weighted by Gasteiger charge is 2.14. The van der Waals surface area contributed by atoms with Gasteiger partial charge in [0.1, 0.15) is 0 Å². The molecule has 0 spiro atoms. The van der Waals surface area contributed by atoms with Crippen molar-refractivity contribution in [3.8, 4) is 0 Å². The SMILES string of the molecule is CC(Br)CC1CCCSC1. The van der Waals surface area contributed by atoms with Crippen LogP contribution >= 0.6 is 27.7 Å². The van der Waals surface area contributed by atoms with E-state index in [1.807, 2.05) is 0 Å². The van der Waals surface area contributed by atoms with Gasteiger partial charge in [-0.25, -0.2) is 0 Å². The van der Waals surface area contributed by atoms with Crippen LogP contribution in [0.3, 0.4) is 0 Å². The number of halogens is 1. The summed E-state index contributed by atoms with van der Waals surface area (Å²) >= 11 is 5.72. The van der Waals surface area contributed by atoms with Gasteiger partial charge in [-0.3, -0.25) is 0 Å². The third-order valence-electron chi connectivity index (χ3n) is 1.91. The van der Waals surface area contributed by atoms with Crippen LogP contribution < -0.4 is 0 Å². The fourth-order valence-electron chi connectivity index (χ4n) is 1.45. The Morgan fingerprint density at radius 3 is 3.00 bits per heavy atom. The molecule has 60 valence electrons. The lowest BCUT2D eigenvalue weighted by atomic mass is 10.0. The zero-order valence-electron chi connectivity index (χ0n) is 6.48. The smallest absolute Gasteiger partial charge is 0.0120 e. The molecule has 2 unspecified atom stereocenters. The van der Waals surface area contributed by atoms with Crippen LogP contribution in [-0.4, -0.2) is 16.3 Å². The zero-order chi connectivity index (χ0) is 7.40. The zero-order valence-corrected chi connectivity index (χ0v) is 8.88. The molecule has 0 bridgehead atoms. The van der Waals surface area contributed by atoms with Gasteiger partial charge in [0.25, 0.3) is 0 Å². The molecule has 0 N–H and O–H groups in total. The summed E-state index contributed by atoms with van der Waals surface area (Å²) < 4.78 is 0. The first kappa shape index (κ1) is 8.92. The topological polar surface area (TPSA) is 0 Å². The van der Waals surface area contributed by atoms with Crippen molar-refractivity contribution in [1.29, 1.82) is 0 Å². The predicted octanol–water partition coefficient (Wildman–Crippen LogP) is 3.30. The number of hydrogen-bond donors (Lipinski definition) is 0. The highest BCUT2D eigenvalue weighted by molar-refractivity contribution is 9.09. The Bertz CT molecular complexity index is 87.3. The standard InChI is InChI=1S/C8H15BrS/c1-7(9)5-8-3-2-4-10-6-8/h7-8H,2-6H2,1H3. The highest BCUT2D eigenvalue weighted by atomic mass is 79.9. The van der Waals surface area contributed by atoms with Gasteiger partial charge in [-0.15, -0.1) is 0 Å². The van der Waals surface area contributed by atoms with Gasteiger partial charge in [0.2, 0.25) is 0 Å². The monoisotopic (exact) mass is 222 g/mol. The second-order valence-electron chi connectivity index (χ2n) is 3.10. The lowest BCUT2D eigenvalue weighted by Crippen LogP contribution is -2.13. The van der Waals surface area contributed by atoms with Crippen LogP contribution in [-0.2, 0) is 0 Å². The van der Waals surface area contributed by atoms with E-state index in [9.17, 15) is 0 Å². The maximum Gasteiger partial charge on any atom is 0.0120 e. The number of hydrogen-bond acceptors (Lipinski definition) is 1. The van der Waals surface area contributed by atoms with E-state index in [-0.39, 0.29) is 0 Å². The molecule has 0 aromatic carbocycles. The summed E-state index contributed by atoms with van der Waals surface area (Å²) in [5, 5.41) is 0. The van der Waals surface area contributed by atoms with Crippen molar-refractivity contribution >= 4 is 27.7 Å². The van der Waals surface area contributed by atoms with E-state index < -0.39 is 0 Å². The van der Waals surface area contributed by atoms with E-state index in [1.165, 1.54) is 30.8 Å². The Kier molecular flexibility index (Phi) is 4.15. The Morgan fingerprint density at radius 1 is 1.70 bits per heavy atom. The van der Waals surface area contributed by atoms with Crippen LogP contribution in [0.4, 0.5) is 0 Å². The molecule has 0 amide bonds. The van der Waals surface area contributed by atoms with Crippen LogP contribution in [0.15, 0.2) is 0 Å². The van der Waals surface area contributed by atoms with Crippen molar-refractivity contribution in [3.05, 3.63) is 0 Å². The molecule has 2 heteroatoms. The Labute approximate surface area is 76.3 Å². The average Bonchev–Trinajstić information content (AvgIpc) is 1.88. The van der Waals surface area contributed by atoms with Crippen LogP contribution in [0, 0.1) is 5.92 Å². The molecular weight excluding hydrogens is 208 g/mol. The molecule has 0 nitrogen and oxygen atoms in total. The molecule has 1 rings (SSSR count). The molecule has 1 saturated heterocycles. The number of thioether (sulfide) groups is 1. The van der Waals surface area contributed by atoms with Gasteiger partial charge in [-0.05, 0) is 36.7 Å². The fraction of sp³-hybridized carbons (Fsp3) is 1.00. The molecule has 1 heterocycles. The molecule has 1 fully saturated rings. The Hall–Kier alpha value is 0.830. The summed E-state index contributed by atoms with van der Waals surface area (Å²) in [4.78, 5) is 0.719. The number of rotatable bonds is 2. The molecule has 0 aromatic heterocycles. The van der Waals surface area contributed by atoms with Gasteiger partial charge in [-0.1, -0.05) is 22.9 Å². The van der Waals surface area contributed by atoms with E-state index >= 15 is 0 Å². The van der Waals surface area contributed by atoms with E-state index in [4.69, 9.17) is 0 Å². The van der Waals surface area contributed by atoms with Crippen molar-refractivity contribution in [3.63, 3.8) is 0 Å². The third kappa shape index (κ3) is 3.29. The van der Waals surface area contributed by atoms with Crippen molar-refractivity contribution in [1.82, 2.24) is 0 Å². The van der Waals surface area contributed by atoms with Gasteiger partial charge in [-0.2, -0.15) is 11.8 Å². The van der Waals surface area contributed by atoms with Crippen LogP contribution in [0.5, 0.6) is 0 Å². The number of alkyl halides is 1. The largest absolute Gasteiger partial charge is 0.162 e. The molecule has 2 atom stereocenters. The Morgan fingerprint density at radius 2 is 2.50 bits per heavy atom. The van der Waals surface area contributed by atoms with E-state index in [0.717, 1.165) is 10.7 Å². The van der Waals surface area contributed by atoms with Gasteiger partial charge >= 0.3 is 0 Å². The first-order chi connectivity index (χ1) is 4.79. The van der Waals surface area contributed by atoms with Crippen molar-refractivity contribution in [2.45, 2.75) is 31.0 Å². The van der Waals surface area contributed by atoms with Crippen molar-refractivity contribution in [2.75, 3.05) is 11.5 Å². The summed E-state index contributed by atoms with van der Waals surface area (Å²) in [5.41, 5.74) is 0. The van der Waals surface area contributed by atoms with Crippen molar-refractivity contribution < 1.29 is 0 Å². The normalized spacial score (nSPS) is 30.0. The molecule has 0 radical (unpaired) electrons. The molecule has 0 saturated carbocycles. The molecule has 1 aliphatic rings. The maximum atomic E-state index is 3.60. The third-order valence-corrected chi connectivity index (χ3v) is 3.57. The fourth-order valence-corrected chi connectivity index (χ4v) is 3.15. The molecular formula is C8H15BrS. The van der Waals surface area contributed by atoms with Gasteiger partial charge < -0.3 is 0 Å². The predicted molar refractivity (Wildman–Crippen MR) is 53.1 cm³/mol. The van der Waals surface area contributed by atoms with Crippen molar-refractivity contribution in [2.24, 2.45) is 5.92 Å². The summed E-state index contributed by atoms with van der Waals surface area (Å²) in [6.45, 7) is 2.25. The summed E-state index contributed by atoms with van der Waals surface area (Å²) in [6.07, 6.45) is 4.27. The van der Waals surface area contributed by atoms with E-state index in [1.54, 1.807) is 0 Å². The van der Waals surface area contributed by atoms with Gasteiger partial charge in [0.05, 0.1) is 0 Å². The molecule has 10 heavy (non-hydrogen) atoms. The van der Waals surface area contributed by atoms with Crippen LogP contribution in [0.2, 0.25) is 0 Å². The Balaban J connectivity index is 2.13. The minimum Gasteiger partial charge on any atom is -0.162 e. The van der Waals surface area contributed by atoms with Crippen LogP contribution in [0.25, 0.3) is 0 Å². The van der Waals surface area contributed by atoms with E-state index in [2.05, 4.69) is 34.6 Å². The van der Waals surface area contributed by atoms with Gasteiger partial charge in [0.15, 0.2) is 0 Å². The maximum absolute atomic E-state index is 3.60. The summed E-state index contributed by atoms with van der Waals surface area (Å²) in [5.74, 6) is 3.79. The summed E-state index contributed by atoms with van der Waals surface area (Å²) in [7, 11) is 0. The molecule has 0 aliphatic carbocycles. The summed E-state index contributed by atoms with van der Waals surface area (Å²) in [6, 6.07) is 0. The van der Waals surface area contributed by atoms with Crippen LogP contribution in [0.1, 0.15) is 26.2 Å². The average molecular weight is 223 g/mol.